The lowest BCUT2D eigenvalue weighted by molar-refractivity contribution is 0.0597. The summed E-state index contributed by atoms with van der Waals surface area (Å²) in [6.07, 6.45) is 0. The van der Waals surface area contributed by atoms with E-state index in [2.05, 4.69) is 23.6 Å². The Kier molecular flexibility index (Phi) is 8.96. The second kappa shape index (κ2) is 12.4. The number of hydrogen-bond donors (Lipinski definition) is 0. The van der Waals surface area contributed by atoms with Crippen LogP contribution in [-0.4, -0.2) is 86.7 Å². The van der Waals surface area contributed by atoms with Crippen LogP contribution in [0.2, 0.25) is 0 Å². The predicted molar refractivity (Wildman–Crippen MR) is 147 cm³/mol. The van der Waals surface area contributed by atoms with E-state index in [0.717, 1.165) is 23.3 Å². The summed E-state index contributed by atoms with van der Waals surface area (Å²) >= 11 is 0. The van der Waals surface area contributed by atoms with Crippen LogP contribution in [0.4, 0.5) is 11.8 Å². The molecule has 0 aliphatic carbocycles. The number of ether oxygens (including phenoxy) is 4. The first-order valence-electron chi connectivity index (χ1n) is 13.1. The Morgan fingerprint density at radius 1 is 0.921 bits per heavy atom. The number of morpholine rings is 2. The highest BCUT2D eigenvalue weighted by atomic mass is 16.5. The molecule has 3 aromatic rings. The molecular formula is C28H37N5O5. The Hall–Kier alpha value is -3.50. The van der Waals surface area contributed by atoms with Gasteiger partial charge in [-0.3, -0.25) is 0 Å². The minimum atomic E-state index is -0.469. The highest BCUT2D eigenvalue weighted by molar-refractivity contribution is 5.95. The van der Waals surface area contributed by atoms with Crippen molar-refractivity contribution in [2.24, 2.45) is 0 Å². The summed E-state index contributed by atoms with van der Waals surface area (Å²) < 4.78 is 21.6. The molecule has 10 heteroatoms. The summed E-state index contributed by atoms with van der Waals surface area (Å²) in [5.41, 5.74) is 2.39. The van der Waals surface area contributed by atoms with Crippen molar-refractivity contribution in [2.75, 3.05) is 63.5 Å². The summed E-state index contributed by atoms with van der Waals surface area (Å²) in [5, 5.41) is 0.874. The maximum Gasteiger partial charge on any atom is 0.341 e. The van der Waals surface area contributed by atoms with Crippen molar-refractivity contribution in [2.45, 2.75) is 39.8 Å². The van der Waals surface area contributed by atoms with Crippen LogP contribution in [0.5, 0.6) is 5.75 Å². The topological polar surface area (TPSA) is 99.1 Å². The van der Waals surface area contributed by atoms with Crippen LogP contribution in [0.3, 0.4) is 0 Å². The SMILES string of the molecule is CC.COC(=O)c1cc(-c2ccc3c(N4CCOC[C@@H]4C)nc(N4CCOC[C@@H]4C)nc3n2)ccc1OC. The van der Waals surface area contributed by atoms with Crippen LogP contribution >= 0.6 is 0 Å². The van der Waals surface area contributed by atoms with E-state index in [0.29, 0.717) is 61.6 Å². The minimum Gasteiger partial charge on any atom is -0.496 e. The molecule has 2 saturated heterocycles. The second-order valence-electron chi connectivity index (χ2n) is 9.06. The van der Waals surface area contributed by atoms with E-state index in [1.54, 1.807) is 12.1 Å². The molecule has 0 amide bonds. The number of carbonyl (C=O) groups excluding carboxylic acids is 1. The normalized spacial score (nSPS) is 19.5. The standard InChI is InChI=1S/C26H31N5O5.C2H6/c1-16-14-35-11-9-30(16)24-19-6-7-21(18-5-8-22(33-3)20(13-18)25(32)34-4)27-23(19)28-26(29-24)31-10-12-36-15-17(31)2;1-2/h5-8,13,16-17H,9-12,14-15H2,1-4H3;1-2H3/t16-,17-;/m0./s1. The highest BCUT2D eigenvalue weighted by Crippen LogP contribution is 2.32. The van der Waals surface area contributed by atoms with Crippen LogP contribution in [-0.2, 0) is 14.2 Å². The van der Waals surface area contributed by atoms with Gasteiger partial charge in [0.05, 0.1) is 63.8 Å². The molecule has 0 bridgehead atoms. The van der Waals surface area contributed by atoms with Gasteiger partial charge in [0.1, 0.15) is 17.1 Å². The number of carbonyl (C=O) groups is 1. The van der Waals surface area contributed by atoms with E-state index in [-0.39, 0.29) is 12.1 Å². The predicted octanol–water partition coefficient (Wildman–Crippen LogP) is 3.96. The second-order valence-corrected chi connectivity index (χ2v) is 9.06. The van der Waals surface area contributed by atoms with E-state index in [1.165, 1.54) is 14.2 Å². The molecule has 0 N–H and O–H groups in total. The summed E-state index contributed by atoms with van der Waals surface area (Å²) in [6, 6.07) is 9.61. The number of pyridine rings is 1. The Labute approximate surface area is 223 Å². The van der Waals surface area contributed by atoms with Gasteiger partial charge in [0.25, 0.3) is 0 Å². The molecule has 0 unspecified atom stereocenters. The van der Waals surface area contributed by atoms with Crippen LogP contribution < -0.4 is 14.5 Å². The number of rotatable bonds is 5. The molecule has 10 nitrogen and oxygen atoms in total. The fourth-order valence-corrected chi connectivity index (χ4v) is 4.69. The van der Waals surface area contributed by atoms with Crippen molar-refractivity contribution >= 4 is 28.8 Å². The van der Waals surface area contributed by atoms with Gasteiger partial charge >= 0.3 is 5.97 Å². The zero-order valence-electron chi connectivity index (χ0n) is 23.1. The summed E-state index contributed by atoms with van der Waals surface area (Å²) in [4.78, 5) is 31.6. The lowest BCUT2D eigenvalue weighted by atomic mass is 10.1. The number of benzene rings is 1. The van der Waals surface area contributed by atoms with Gasteiger partial charge in [-0.2, -0.15) is 9.97 Å². The van der Waals surface area contributed by atoms with Crippen molar-refractivity contribution in [1.82, 2.24) is 15.0 Å². The molecule has 2 aliphatic heterocycles. The van der Waals surface area contributed by atoms with Crippen molar-refractivity contribution < 1.29 is 23.7 Å². The zero-order chi connectivity index (χ0) is 27.2. The van der Waals surface area contributed by atoms with E-state index in [9.17, 15) is 4.79 Å². The number of fused-ring (bicyclic) bond motifs is 1. The maximum absolute atomic E-state index is 12.3. The van der Waals surface area contributed by atoms with Crippen molar-refractivity contribution in [1.29, 1.82) is 0 Å². The third-order valence-electron chi connectivity index (χ3n) is 6.69. The lowest BCUT2D eigenvalue weighted by Crippen LogP contribution is -2.46. The Balaban J connectivity index is 0.00000164. The zero-order valence-corrected chi connectivity index (χ0v) is 23.1. The molecule has 1 aromatic carbocycles. The van der Waals surface area contributed by atoms with E-state index in [1.807, 2.05) is 32.0 Å². The van der Waals surface area contributed by atoms with Crippen LogP contribution in [0, 0.1) is 0 Å². The molecule has 2 fully saturated rings. The number of hydrogen-bond acceptors (Lipinski definition) is 10. The van der Waals surface area contributed by atoms with Gasteiger partial charge in [0, 0.05) is 18.7 Å². The Morgan fingerprint density at radius 2 is 1.61 bits per heavy atom. The van der Waals surface area contributed by atoms with E-state index in [4.69, 9.17) is 33.9 Å². The third-order valence-corrected chi connectivity index (χ3v) is 6.69. The quantitative estimate of drug-likeness (QED) is 0.457. The van der Waals surface area contributed by atoms with Gasteiger partial charge in [-0.25, -0.2) is 9.78 Å². The van der Waals surface area contributed by atoms with Crippen molar-refractivity contribution in [3.63, 3.8) is 0 Å². The average molecular weight is 524 g/mol. The van der Waals surface area contributed by atoms with Gasteiger partial charge in [-0.05, 0) is 44.2 Å². The van der Waals surface area contributed by atoms with Crippen molar-refractivity contribution in [3.8, 4) is 17.0 Å². The number of nitrogens with zero attached hydrogens (tertiary/aromatic N) is 5. The molecule has 38 heavy (non-hydrogen) atoms. The average Bonchev–Trinajstić information content (AvgIpc) is 2.97. The monoisotopic (exact) mass is 523 g/mol. The van der Waals surface area contributed by atoms with Gasteiger partial charge in [-0.1, -0.05) is 13.8 Å². The van der Waals surface area contributed by atoms with Crippen molar-refractivity contribution in [3.05, 3.63) is 35.9 Å². The summed E-state index contributed by atoms with van der Waals surface area (Å²) in [6.45, 7) is 12.2. The minimum absolute atomic E-state index is 0.151. The number of aromatic nitrogens is 3. The first-order chi connectivity index (χ1) is 18.5. The Morgan fingerprint density at radius 3 is 2.24 bits per heavy atom. The molecule has 0 saturated carbocycles. The highest BCUT2D eigenvalue weighted by Gasteiger charge is 2.27. The number of anilines is 2. The molecule has 204 valence electrons. The molecule has 2 atom stereocenters. The third kappa shape index (κ3) is 5.51. The molecule has 2 aromatic heterocycles. The molecule has 0 spiro atoms. The summed E-state index contributed by atoms with van der Waals surface area (Å²) in [7, 11) is 2.87. The van der Waals surface area contributed by atoms with Crippen LogP contribution in [0.1, 0.15) is 38.1 Å². The number of esters is 1. The molecule has 4 heterocycles. The van der Waals surface area contributed by atoms with Gasteiger partial charge in [-0.15, -0.1) is 0 Å². The number of methoxy groups -OCH3 is 2. The van der Waals surface area contributed by atoms with E-state index >= 15 is 0 Å². The first kappa shape index (κ1) is 27.5. The van der Waals surface area contributed by atoms with Gasteiger partial charge in [0.2, 0.25) is 5.95 Å². The molecular weight excluding hydrogens is 486 g/mol. The first-order valence-corrected chi connectivity index (χ1v) is 13.1. The largest absolute Gasteiger partial charge is 0.496 e. The Bertz CT molecular complexity index is 1270. The summed E-state index contributed by atoms with van der Waals surface area (Å²) in [5.74, 6) is 1.47. The van der Waals surface area contributed by atoms with Gasteiger partial charge in [0.15, 0.2) is 5.65 Å². The fraction of sp³-hybridized carbons (Fsp3) is 0.500. The van der Waals surface area contributed by atoms with Gasteiger partial charge < -0.3 is 28.7 Å². The maximum atomic E-state index is 12.3. The molecule has 5 rings (SSSR count). The van der Waals surface area contributed by atoms with Crippen LogP contribution in [0.25, 0.3) is 22.3 Å². The lowest BCUT2D eigenvalue weighted by Gasteiger charge is -2.37. The smallest absolute Gasteiger partial charge is 0.341 e. The van der Waals surface area contributed by atoms with E-state index < -0.39 is 5.97 Å². The molecule has 0 radical (unpaired) electrons. The fourth-order valence-electron chi connectivity index (χ4n) is 4.69. The molecule has 2 aliphatic rings. The van der Waals surface area contributed by atoms with Crippen LogP contribution in [0.15, 0.2) is 30.3 Å².